The summed E-state index contributed by atoms with van der Waals surface area (Å²) in [6, 6.07) is 5.88. The highest BCUT2D eigenvalue weighted by Crippen LogP contribution is 2.21. The summed E-state index contributed by atoms with van der Waals surface area (Å²) in [4.78, 5) is 12.9. The first-order valence-electron chi connectivity index (χ1n) is 4.56. The van der Waals surface area contributed by atoms with E-state index < -0.39 is 0 Å². The first-order valence-corrected chi connectivity index (χ1v) is 4.56. The van der Waals surface area contributed by atoms with Crippen LogP contribution in [-0.4, -0.2) is 20.0 Å². The van der Waals surface area contributed by atoms with Gasteiger partial charge in [-0.25, -0.2) is 0 Å². The minimum Gasteiger partial charge on any atom is -0.377 e. The van der Waals surface area contributed by atoms with Gasteiger partial charge in [-0.3, -0.25) is 4.79 Å². The molecule has 0 aliphatic rings. The van der Waals surface area contributed by atoms with Crippen LogP contribution in [0.5, 0.6) is 0 Å². The Balaban J connectivity index is 2.94. The van der Waals surface area contributed by atoms with E-state index in [4.69, 9.17) is 0 Å². The van der Waals surface area contributed by atoms with Crippen molar-refractivity contribution < 1.29 is 4.79 Å². The highest BCUT2D eigenvalue weighted by atomic mass is 16.1. The monoisotopic (exact) mass is 192 g/mol. The molecule has 0 atom stereocenters. The third-order valence-electron chi connectivity index (χ3n) is 2.00. The van der Waals surface area contributed by atoms with Gasteiger partial charge in [-0.2, -0.15) is 0 Å². The fourth-order valence-corrected chi connectivity index (χ4v) is 1.44. The molecule has 0 unspecified atom stereocenters. The standard InChI is InChI=1S/C11H16N2O/c1-8-7-10(12-9(2)14)5-6-11(8)13(3)4/h5-7H,1-4H3,(H,12,14). The van der Waals surface area contributed by atoms with E-state index in [1.165, 1.54) is 12.6 Å². The molecule has 1 aromatic rings. The number of nitrogens with one attached hydrogen (secondary N) is 1. The van der Waals surface area contributed by atoms with Gasteiger partial charge < -0.3 is 10.2 Å². The summed E-state index contributed by atoms with van der Waals surface area (Å²) < 4.78 is 0. The Bertz CT molecular complexity index is 345. The van der Waals surface area contributed by atoms with Gasteiger partial charge in [0.05, 0.1) is 0 Å². The van der Waals surface area contributed by atoms with Crippen molar-refractivity contribution in [3.05, 3.63) is 23.8 Å². The lowest BCUT2D eigenvalue weighted by molar-refractivity contribution is -0.114. The molecule has 0 spiro atoms. The number of carbonyl (C=O) groups is 1. The molecule has 76 valence electrons. The average molecular weight is 192 g/mol. The van der Waals surface area contributed by atoms with Crippen LogP contribution < -0.4 is 10.2 Å². The molecule has 0 saturated heterocycles. The lowest BCUT2D eigenvalue weighted by Gasteiger charge is -2.16. The van der Waals surface area contributed by atoms with Gasteiger partial charge in [0.15, 0.2) is 0 Å². The summed E-state index contributed by atoms with van der Waals surface area (Å²) in [7, 11) is 4.00. The Kier molecular flexibility index (Phi) is 3.12. The molecule has 0 aliphatic heterocycles. The number of hydrogen-bond acceptors (Lipinski definition) is 2. The number of aryl methyl sites for hydroxylation is 1. The predicted octanol–water partition coefficient (Wildman–Crippen LogP) is 2.02. The fourth-order valence-electron chi connectivity index (χ4n) is 1.44. The quantitative estimate of drug-likeness (QED) is 0.777. The summed E-state index contributed by atoms with van der Waals surface area (Å²) in [6.45, 7) is 3.54. The van der Waals surface area contributed by atoms with E-state index in [0.717, 1.165) is 11.3 Å². The summed E-state index contributed by atoms with van der Waals surface area (Å²) in [5.41, 5.74) is 3.17. The molecular formula is C11H16N2O. The topological polar surface area (TPSA) is 32.3 Å². The van der Waals surface area contributed by atoms with Crippen LogP contribution in [0.15, 0.2) is 18.2 Å². The maximum Gasteiger partial charge on any atom is 0.221 e. The number of anilines is 2. The smallest absolute Gasteiger partial charge is 0.221 e. The minimum absolute atomic E-state index is 0.0398. The van der Waals surface area contributed by atoms with E-state index >= 15 is 0 Å². The molecule has 0 fully saturated rings. The van der Waals surface area contributed by atoms with Crippen molar-refractivity contribution in [3.63, 3.8) is 0 Å². The molecule has 0 aliphatic carbocycles. The van der Waals surface area contributed by atoms with E-state index in [1.54, 1.807) is 0 Å². The van der Waals surface area contributed by atoms with E-state index in [2.05, 4.69) is 5.32 Å². The lowest BCUT2D eigenvalue weighted by atomic mass is 10.1. The Hall–Kier alpha value is -1.51. The summed E-state index contributed by atoms with van der Waals surface area (Å²) in [6.07, 6.45) is 0. The zero-order valence-corrected chi connectivity index (χ0v) is 9.09. The average Bonchev–Trinajstić information content (AvgIpc) is 2.01. The van der Waals surface area contributed by atoms with Gasteiger partial charge in [0.2, 0.25) is 5.91 Å². The molecule has 0 radical (unpaired) electrons. The molecule has 1 aromatic carbocycles. The highest BCUT2D eigenvalue weighted by Gasteiger charge is 2.02. The van der Waals surface area contributed by atoms with E-state index in [0.29, 0.717) is 0 Å². The van der Waals surface area contributed by atoms with Gasteiger partial charge in [-0.1, -0.05) is 0 Å². The molecule has 14 heavy (non-hydrogen) atoms. The van der Waals surface area contributed by atoms with Crippen molar-refractivity contribution >= 4 is 17.3 Å². The molecule has 0 heterocycles. The van der Waals surface area contributed by atoms with Crippen molar-refractivity contribution in [3.8, 4) is 0 Å². The third kappa shape index (κ3) is 2.49. The summed E-state index contributed by atoms with van der Waals surface area (Å²) >= 11 is 0. The largest absolute Gasteiger partial charge is 0.377 e. The molecule has 1 N–H and O–H groups in total. The van der Waals surface area contributed by atoms with E-state index in [1.807, 2.05) is 44.1 Å². The van der Waals surface area contributed by atoms with Crippen LogP contribution in [0.25, 0.3) is 0 Å². The maximum atomic E-state index is 10.8. The summed E-state index contributed by atoms with van der Waals surface area (Å²) in [5.74, 6) is -0.0398. The fraction of sp³-hybridized carbons (Fsp3) is 0.364. The second-order valence-corrected chi connectivity index (χ2v) is 3.58. The number of amides is 1. The Morgan fingerprint density at radius 1 is 1.36 bits per heavy atom. The van der Waals surface area contributed by atoms with Crippen LogP contribution in [0.1, 0.15) is 12.5 Å². The van der Waals surface area contributed by atoms with Gasteiger partial charge in [0, 0.05) is 32.4 Å². The number of nitrogens with zero attached hydrogens (tertiary/aromatic N) is 1. The first kappa shape index (κ1) is 10.6. The highest BCUT2D eigenvalue weighted by molar-refractivity contribution is 5.89. The SMILES string of the molecule is CC(=O)Nc1ccc(N(C)C)c(C)c1. The summed E-state index contributed by atoms with van der Waals surface area (Å²) in [5, 5.41) is 2.75. The Morgan fingerprint density at radius 3 is 2.43 bits per heavy atom. The van der Waals surface area contributed by atoms with Crippen molar-refractivity contribution in [1.29, 1.82) is 0 Å². The molecule has 0 bridgehead atoms. The molecule has 3 nitrogen and oxygen atoms in total. The molecule has 0 aromatic heterocycles. The van der Waals surface area contributed by atoms with Gasteiger partial charge in [0.1, 0.15) is 0 Å². The lowest BCUT2D eigenvalue weighted by Crippen LogP contribution is -2.11. The number of benzene rings is 1. The van der Waals surface area contributed by atoms with Crippen molar-refractivity contribution in [2.24, 2.45) is 0 Å². The van der Waals surface area contributed by atoms with Crippen LogP contribution in [0.2, 0.25) is 0 Å². The zero-order chi connectivity index (χ0) is 10.7. The maximum absolute atomic E-state index is 10.8. The molecule has 3 heteroatoms. The Morgan fingerprint density at radius 2 is 2.00 bits per heavy atom. The minimum atomic E-state index is -0.0398. The number of rotatable bonds is 2. The van der Waals surface area contributed by atoms with Crippen molar-refractivity contribution in [2.75, 3.05) is 24.3 Å². The predicted molar refractivity (Wildman–Crippen MR) is 59.8 cm³/mol. The van der Waals surface area contributed by atoms with Crippen LogP contribution >= 0.6 is 0 Å². The normalized spacial score (nSPS) is 9.71. The Labute approximate surface area is 84.7 Å². The van der Waals surface area contributed by atoms with Gasteiger partial charge in [0.25, 0.3) is 0 Å². The van der Waals surface area contributed by atoms with Gasteiger partial charge in [-0.05, 0) is 30.7 Å². The zero-order valence-electron chi connectivity index (χ0n) is 9.09. The number of carbonyl (C=O) groups excluding carboxylic acids is 1. The molecule has 1 amide bonds. The number of hydrogen-bond donors (Lipinski definition) is 1. The molecular weight excluding hydrogens is 176 g/mol. The van der Waals surface area contributed by atoms with Crippen LogP contribution in [0, 0.1) is 6.92 Å². The van der Waals surface area contributed by atoms with Gasteiger partial charge >= 0.3 is 0 Å². The second-order valence-electron chi connectivity index (χ2n) is 3.58. The van der Waals surface area contributed by atoms with Crippen molar-refractivity contribution in [1.82, 2.24) is 0 Å². The van der Waals surface area contributed by atoms with Gasteiger partial charge in [-0.15, -0.1) is 0 Å². The molecule has 0 saturated carbocycles. The molecule has 1 rings (SSSR count). The first-order chi connectivity index (χ1) is 6.50. The van der Waals surface area contributed by atoms with Crippen LogP contribution in [0.3, 0.4) is 0 Å². The van der Waals surface area contributed by atoms with Crippen LogP contribution in [0.4, 0.5) is 11.4 Å². The van der Waals surface area contributed by atoms with E-state index in [-0.39, 0.29) is 5.91 Å². The van der Waals surface area contributed by atoms with Crippen molar-refractivity contribution in [2.45, 2.75) is 13.8 Å². The third-order valence-corrected chi connectivity index (χ3v) is 2.00. The van der Waals surface area contributed by atoms with E-state index in [9.17, 15) is 4.79 Å². The van der Waals surface area contributed by atoms with Crippen LogP contribution in [-0.2, 0) is 4.79 Å². The second kappa shape index (κ2) is 4.13.